The summed E-state index contributed by atoms with van der Waals surface area (Å²) in [4.78, 5) is 0.0168. The Morgan fingerprint density at radius 3 is 2.55 bits per heavy atom. The summed E-state index contributed by atoms with van der Waals surface area (Å²) in [6, 6.07) is 4.51. The fourth-order valence-electron chi connectivity index (χ4n) is 1.67. The Labute approximate surface area is 120 Å². The highest BCUT2D eigenvalue weighted by Gasteiger charge is 2.09. The SMILES string of the molecule is CC(C)OCCCCNc1cc(N)cc(S(N)(=O)=O)c1. The first-order chi connectivity index (χ1) is 9.29. The van der Waals surface area contributed by atoms with E-state index in [0.717, 1.165) is 26.0 Å². The molecule has 0 bridgehead atoms. The Bertz CT molecular complexity index is 530. The zero-order chi connectivity index (χ0) is 15.2. The predicted octanol–water partition coefficient (Wildman–Crippen LogP) is 1.53. The van der Waals surface area contributed by atoms with Gasteiger partial charge in [0, 0.05) is 24.5 Å². The van der Waals surface area contributed by atoms with Crippen LogP contribution in [0.5, 0.6) is 0 Å². The highest BCUT2D eigenvalue weighted by Crippen LogP contribution is 2.19. The molecule has 0 heterocycles. The Morgan fingerprint density at radius 2 is 1.95 bits per heavy atom. The first-order valence-electron chi connectivity index (χ1n) is 6.58. The van der Waals surface area contributed by atoms with Crippen molar-refractivity contribution >= 4 is 21.4 Å². The van der Waals surface area contributed by atoms with Crippen molar-refractivity contribution in [3.05, 3.63) is 18.2 Å². The molecule has 0 spiro atoms. The minimum atomic E-state index is -3.74. The van der Waals surface area contributed by atoms with Crippen molar-refractivity contribution in [2.75, 3.05) is 24.2 Å². The quantitative estimate of drug-likeness (QED) is 0.498. The van der Waals surface area contributed by atoms with Crippen molar-refractivity contribution in [1.82, 2.24) is 0 Å². The predicted molar refractivity (Wildman–Crippen MR) is 81.0 cm³/mol. The molecule has 0 radical (unpaired) electrons. The summed E-state index contributed by atoms with van der Waals surface area (Å²) in [7, 11) is -3.74. The van der Waals surface area contributed by atoms with Gasteiger partial charge in [0.1, 0.15) is 0 Å². The monoisotopic (exact) mass is 301 g/mol. The molecule has 0 aliphatic heterocycles. The van der Waals surface area contributed by atoms with Crippen molar-refractivity contribution < 1.29 is 13.2 Å². The Kier molecular flexibility index (Phi) is 6.25. The van der Waals surface area contributed by atoms with Crippen LogP contribution in [0, 0.1) is 0 Å². The third-order valence-corrected chi connectivity index (χ3v) is 3.50. The molecule has 6 nitrogen and oxygen atoms in total. The fourth-order valence-corrected chi connectivity index (χ4v) is 2.26. The summed E-state index contributed by atoms with van der Waals surface area (Å²) in [5.74, 6) is 0. The second kappa shape index (κ2) is 7.47. The van der Waals surface area contributed by atoms with E-state index in [1.807, 2.05) is 13.8 Å². The second-order valence-corrected chi connectivity index (χ2v) is 6.45. The molecule has 20 heavy (non-hydrogen) atoms. The van der Waals surface area contributed by atoms with Crippen molar-refractivity contribution in [2.45, 2.75) is 37.7 Å². The molecule has 0 fully saturated rings. The highest BCUT2D eigenvalue weighted by atomic mass is 32.2. The largest absolute Gasteiger partial charge is 0.399 e. The summed E-state index contributed by atoms with van der Waals surface area (Å²) in [5.41, 5.74) is 6.68. The summed E-state index contributed by atoms with van der Waals surface area (Å²) in [6.07, 6.45) is 2.11. The number of rotatable bonds is 8. The molecule has 5 N–H and O–H groups in total. The summed E-state index contributed by atoms with van der Waals surface area (Å²) in [6.45, 7) is 5.44. The van der Waals surface area contributed by atoms with Crippen molar-refractivity contribution in [3.63, 3.8) is 0 Å². The van der Waals surface area contributed by atoms with Gasteiger partial charge in [0.05, 0.1) is 11.0 Å². The molecule has 0 aliphatic rings. The topological polar surface area (TPSA) is 107 Å². The Hall–Kier alpha value is -1.31. The van der Waals surface area contributed by atoms with Crippen LogP contribution >= 0.6 is 0 Å². The van der Waals surface area contributed by atoms with Gasteiger partial charge >= 0.3 is 0 Å². The van der Waals surface area contributed by atoms with Gasteiger partial charge in [-0.1, -0.05) is 0 Å². The van der Waals surface area contributed by atoms with Gasteiger partial charge in [-0.3, -0.25) is 0 Å². The Morgan fingerprint density at radius 1 is 1.25 bits per heavy atom. The molecule has 0 saturated heterocycles. The number of nitrogen functional groups attached to an aromatic ring is 1. The number of anilines is 2. The standard InChI is InChI=1S/C13H23N3O3S/c1-10(2)19-6-4-3-5-16-12-7-11(14)8-13(9-12)20(15,17)18/h7-10,16H,3-6,14H2,1-2H3,(H2,15,17,18). The third kappa shape index (κ3) is 6.23. The van der Waals surface area contributed by atoms with Crippen molar-refractivity contribution in [3.8, 4) is 0 Å². The van der Waals surface area contributed by atoms with E-state index in [1.54, 1.807) is 6.07 Å². The fraction of sp³-hybridized carbons (Fsp3) is 0.538. The molecule has 1 aromatic rings. The van der Waals surface area contributed by atoms with E-state index in [0.29, 0.717) is 11.4 Å². The van der Waals surface area contributed by atoms with Crippen molar-refractivity contribution in [2.24, 2.45) is 5.14 Å². The van der Waals surface area contributed by atoms with Crippen LogP contribution in [0.3, 0.4) is 0 Å². The zero-order valence-corrected chi connectivity index (χ0v) is 12.7. The lowest BCUT2D eigenvalue weighted by Gasteiger charge is -2.10. The summed E-state index contributed by atoms with van der Waals surface area (Å²) < 4.78 is 28.0. The van der Waals surface area contributed by atoms with Gasteiger partial charge in [-0.25, -0.2) is 13.6 Å². The number of nitrogens with one attached hydrogen (secondary N) is 1. The van der Waals surface area contributed by atoms with Gasteiger partial charge in [0.15, 0.2) is 0 Å². The minimum absolute atomic E-state index is 0.0168. The number of sulfonamides is 1. The number of hydrogen-bond acceptors (Lipinski definition) is 5. The van der Waals surface area contributed by atoms with E-state index in [1.165, 1.54) is 12.1 Å². The average molecular weight is 301 g/mol. The first-order valence-corrected chi connectivity index (χ1v) is 8.12. The van der Waals surface area contributed by atoms with Crippen LogP contribution in [-0.4, -0.2) is 27.7 Å². The average Bonchev–Trinajstić information content (AvgIpc) is 2.31. The first kappa shape index (κ1) is 16.7. The number of unbranched alkanes of at least 4 members (excludes halogenated alkanes) is 1. The zero-order valence-electron chi connectivity index (χ0n) is 11.9. The molecule has 0 saturated carbocycles. The van der Waals surface area contributed by atoms with Crippen LogP contribution in [-0.2, 0) is 14.8 Å². The molecule has 0 amide bonds. The maximum absolute atomic E-state index is 11.3. The summed E-state index contributed by atoms with van der Waals surface area (Å²) >= 11 is 0. The lowest BCUT2D eigenvalue weighted by atomic mass is 10.2. The van der Waals surface area contributed by atoms with E-state index in [2.05, 4.69) is 5.32 Å². The van der Waals surface area contributed by atoms with Crippen LogP contribution in [0.15, 0.2) is 23.1 Å². The van der Waals surface area contributed by atoms with Crippen LogP contribution in [0.2, 0.25) is 0 Å². The third-order valence-electron chi connectivity index (χ3n) is 2.61. The van der Waals surface area contributed by atoms with Gasteiger partial charge < -0.3 is 15.8 Å². The molecule has 7 heteroatoms. The minimum Gasteiger partial charge on any atom is -0.399 e. The van der Waals surface area contributed by atoms with Gasteiger partial charge in [-0.05, 0) is 44.9 Å². The van der Waals surface area contributed by atoms with E-state index < -0.39 is 10.0 Å². The molecule has 0 atom stereocenters. The van der Waals surface area contributed by atoms with E-state index in [-0.39, 0.29) is 11.0 Å². The van der Waals surface area contributed by atoms with Crippen LogP contribution in [0.1, 0.15) is 26.7 Å². The Balaban J connectivity index is 2.47. The second-order valence-electron chi connectivity index (χ2n) is 4.89. The van der Waals surface area contributed by atoms with Crippen LogP contribution < -0.4 is 16.2 Å². The van der Waals surface area contributed by atoms with Gasteiger partial charge in [-0.2, -0.15) is 0 Å². The van der Waals surface area contributed by atoms with Crippen LogP contribution in [0.25, 0.3) is 0 Å². The molecular weight excluding hydrogens is 278 g/mol. The molecule has 0 aromatic heterocycles. The van der Waals surface area contributed by atoms with Gasteiger partial charge in [0.2, 0.25) is 10.0 Å². The maximum atomic E-state index is 11.3. The van der Waals surface area contributed by atoms with Gasteiger partial charge in [0.25, 0.3) is 0 Å². The van der Waals surface area contributed by atoms with Crippen LogP contribution in [0.4, 0.5) is 11.4 Å². The summed E-state index contributed by atoms with van der Waals surface area (Å²) in [5, 5.41) is 8.22. The number of nitrogens with two attached hydrogens (primary N) is 2. The lowest BCUT2D eigenvalue weighted by Crippen LogP contribution is -2.13. The lowest BCUT2D eigenvalue weighted by molar-refractivity contribution is 0.0765. The molecule has 114 valence electrons. The van der Waals surface area contributed by atoms with E-state index >= 15 is 0 Å². The number of ether oxygens (including phenoxy) is 1. The molecule has 1 aromatic carbocycles. The number of primary sulfonamides is 1. The highest BCUT2D eigenvalue weighted by molar-refractivity contribution is 7.89. The molecule has 0 unspecified atom stereocenters. The van der Waals surface area contributed by atoms with Crippen molar-refractivity contribution in [1.29, 1.82) is 0 Å². The normalized spacial score (nSPS) is 11.8. The molecule has 1 rings (SSSR count). The number of benzene rings is 1. The van der Waals surface area contributed by atoms with E-state index in [9.17, 15) is 8.42 Å². The molecule has 0 aliphatic carbocycles. The van der Waals surface area contributed by atoms with E-state index in [4.69, 9.17) is 15.6 Å². The van der Waals surface area contributed by atoms with Gasteiger partial charge in [-0.15, -0.1) is 0 Å². The number of hydrogen-bond donors (Lipinski definition) is 3. The smallest absolute Gasteiger partial charge is 0.238 e. The maximum Gasteiger partial charge on any atom is 0.238 e. The molecular formula is C13H23N3O3S.